The molecule has 0 amide bonds. The van der Waals surface area contributed by atoms with Crippen LogP contribution in [0.4, 0.5) is 0 Å². The Morgan fingerprint density at radius 2 is 2.42 bits per heavy atom. The summed E-state index contributed by atoms with van der Waals surface area (Å²) in [5, 5.41) is 12.9. The van der Waals surface area contributed by atoms with Gasteiger partial charge in [0, 0.05) is 11.8 Å². The molecule has 100 valence electrons. The van der Waals surface area contributed by atoms with Gasteiger partial charge in [-0.2, -0.15) is 5.26 Å². The van der Waals surface area contributed by atoms with Crippen molar-refractivity contribution in [1.29, 1.82) is 5.26 Å². The molecule has 0 spiro atoms. The number of fused-ring (bicyclic) bond motifs is 1. The maximum absolute atomic E-state index is 8.97. The van der Waals surface area contributed by atoms with Crippen LogP contribution in [0, 0.1) is 11.3 Å². The third kappa shape index (κ3) is 3.40. The Balaban J connectivity index is 2.07. The summed E-state index contributed by atoms with van der Waals surface area (Å²) in [6, 6.07) is 7.79. The normalized spacial score (nSPS) is 12.3. The third-order valence-electron chi connectivity index (χ3n) is 2.66. The molecule has 1 aromatic carbocycles. The van der Waals surface area contributed by atoms with Crippen molar-refractivity contribution < 1.29 is 4.74 Å². The molecule has 0 fully saturated rings. The number of methoxy groups -OCH3 is 1. The SMILES string of the molecule is CCNC(C#N)CSc1nc2ccc(OC)cc2[nH]1. The van der Waals surface area contributed by atoms with Crippen molar-refractivity contribution >= 4 is 22.8 Å². The summed E-state index contributed by atoms with van der Waals surface area (Å²) >= 11 is 1.54. The van der Waals surface area contributed by atoms with E-state index in [0.29, 0.717) is 5.75 Å². The van der Waals surface area contributed by atoms with Crippen LogP contribution in [0.3, 0.4) is 0 Å². The first kappa shape index (κ1) is 13.7. The molecule has 1 aromatic heterocycles. The molecule has 5 nitrogen and oxygen atoms in total. The average molecular weight is 276 g/mol. The highest BCUT2D eigenvalue weighted by atomic mass is 32.2. The molecule has 0 bridgehead atoms. The topological polar surface area (TPSA) is 73.7 Å². The fourth-order valence-corrected chi connectivity index (χ4v) is 2.57. The van der Waals surface area contributed by atoms with Crippen LogP contribution in [0.1, 0.15) is 6.92 Å². The van der Waals surface area contributed by atoms with Crippen molar-refractivity contribution in [3.63, 3.8) is 0 Å². The van der Waals surface area contributed by atoms with Crippen molar-refractivity contribution in [3.8, 4) is 11.8 Å². The number of rotatable bonds is 6. The lowest BCUT2D eigenvalue weighted by molar-refractivity contribution is 0.415. The number of nitriles is 1. The minimum Gasteiger partial charge on any atom is -0.497 e. The molecule has 0 aliphatic rings. The van der Waals surface area contributed by atoms with Crippen LogP contribution in [0.2, 0.25) is 0 Å². The highest BCUT2D eigenvalue weighted by Gasteiger charge is 2.09. The van der Waals surface area contributed by atoms with Crippen LogP contribution >= 0.6 is 11.8 Å². The molecule has 0 radical (unpaired) electrons. The van der Waals surface area contributed by atoms with Gasteiger partial charge >= 0.3 is 0 Å². The van der Waals surface area contributed by atoms with Crippen molar-refractivity contribution in [2.45, 2.75) is 18.1 Å². The number of hydrogen-bond acceptors (Lipinski definition) is 5. The smallest absolute Gasteiger partial charge is 0.166 e. The molecular weight excluding hydrogens is 260 g/mol. The van der Waals surface area contributed by atoms with Gasteiger partial charge in [0.2, 0.25) is 0 Å². The van der Waals surface area contributed by atoms with E-state index in [4.69, 9.17) is 10.00 Å². The van der Waals surface area contributed by atoms with Crippen molar-refractivity contribution in [2.75, 3.05) is 19.4 Å². The first-order valence-corrected chi connectivity index (χ1v) is 7.05. The molecule has 2 rings (SSSR count). The average Bonchev–Trinajstić information content (AvgIpc) is 2.84. The molecule has 0 saturated carbocycles. The van der Waals surface area contributed by atoms with E-state index in [1.807, 2.05) is 25.1 Å². The minimum absolute atomic E-state index is 0.155. The molecule has 0 aliphatic carbocycles. The number of benzene rings is 1. The summed E-state index contributed by atoms with van der Waals surface area (Å²) in [6.45, 7) is 2.78. The van der Waals surface area contributed by atoms with Crippen LogP contribution < -0.4 is 10.1 Å². The maximum Gasteiger partial charge on any atom is 0.166 e. The number of hydrogen-bond donors (Lipinski definition) is 2. The van der Waals surface area contributed by atoms with Crippen LogP contribution in [0.5, 0.6) is 5.75 Å². The van der Waals surface area contributed by atoms with Gasteiger partial charge in [-0.15, -0.1) is 0 Å². The van der Waals surface area contributed by atoms with Gasteiger partial charge in [0.05, 0.1) is 24.2 Å². The second-order valence-corrected chi connectivity index (χ2v) is 4.98. The number of ether oxygens (including phenoxy) is 1. The van der Waals surface area contributed by atoms with Crippen molar-refractivity contribution in [2.24, 2.45) is 0 Å². The quantitative estimate of drug-likeness (QED) is 0.791. The minimum atomic E-state index is -0.155. The molecule has 0 saturated heterocycles. The number of thioether (sulfide) groups is 1. The van der Waals surface area contributed by atoms with Gasteiger partial charge < -0.3 is 15.0 Å². The number of nitrogens with one attached hydrogen (secondary N) is 2. The van der Waals surface area contributed by atoms with Gasteiger partial charge in [0.1, 0.15) is 11.8 Å². The molecule has 2 aromatic rings. The van der Waals surface area contributed by atoms with E-state index in [9.17, 15) is 0 Å². The van der Waals surface area contributed by atoms with E-state index < -0.39 is 0 Å². The lowest BCUT2D eigenvalue weighted by Crippen LogP contribution is -2.29. The predicted octanol–water partition coefficient (Wildman–Crippen LogP) is 2.17. The van der Waals surface area contributed by atoms with E-state index >= 15 is 0 Å². The summed E-state index contributed by atoms with van der Waals surface area (Å²) in [6.07, 6.45) is 0. The summed E-state index contributed by atoms with van der Waals surface area (Å²) in [5.74, 6) is 1.47. The second kappa shape index (κ2) is 6.45. The molecular formula is C13H16N4OS. The molecule has 1 atom stereocenters. The maximum atomic E-state index is 8.97. The zero-order chi connectivity index (χ0) is 13.7. The Hall–Kier alpha value is -1.71. The van der Waals surface area contributed by atoms with E-state index in [0.717, 1.165) is 28.5 Å². The first-order chi connectivity index (χ1) is 9.26. The highest BCUT2D eigenvalue weighted by Crippen LogP contribution is 2.23. The van der Waals surface area contributed by atoms with Gasteiger partial charge in [-0.05, 0) is 18.7 Å². The number of aromatic amines is 1. The van der Waals surface area contributed by atoms with Gasteiger partial charge in [-0.3, -0.25) is 0 Å². The summed E-state index contributed by atoms with van der Waals surface area (Å²) < 4.78 is 5.17. The van der Waals surface area contributed by atoms with Crippen LogP contribution in [-0.4, -0.2) is 35.4 Å². The summed E-state index contributed by atoms with van der Waals surface area (Å²) in [7, 11) is 1.64. The summed E-state index contributed by atoms with van der Waals surface area (Å²) in [4.78, 5) is 7.70. The zero-order valence-corrected chi connectivity index (χ0v) is 11.8. The van der Waals surface area contributed by atoms with E-state index in [2.05, 4.69) is 21.4 Å². The Morgan fingerprint density at radius 1 is 1.58 bits per heavy atom. The third-order valence-corrected chi connectivity index (χ3v) is 3.63. The molecule has 19 heavy (non-hydrogen) atoms. The zero-order valence-electron chi connectivity index (χ0n) is 10.9. The molecule has 1 unspecified atom stereocenters. The first-order valence-electron chi connectivity index (χ1n) is 6.06. The monoisotopic (exact) mass is 276 g/mol. The largest absolute Gasteiger partial charge is 0.497 e. The fraction of sp³-hybridized carbons (Fsp3) is 0.385. The van der Waals surface area contributed by atoms with E-state index in [1.54, 1.807) is 7.11 Å². The Kier molecular flexibility index (Phi) is 4.66. The fourth-order valence-electron chi connectivity index (χ4n) is 1.71. The predicted molar refractivity (Wildman–Crippen MR) is 76.4 cm³/mol. The Morgan fingerprint density at radius 3 is 3.11 bits per heavy atom. The van der Waals surface area contributed by atoms with Gasteiger partial charge in [0.15, 0.2) is 5.16 Å². The molecule has 1 heterocycles. The molecule has 2 N–H and O–H groups in total. The summed E-state index contributed by atoms with van der Waals surface area (Å²) in [5.41, 5.74) is 1.85. The second-order valence-electron chi connectivity index (χ2n) is 3.98. The van der Waals surface area contributed by atoms with E-state index in [-0.39, 0.29) is 6.04 Å². The van der Waals surface area contributed by atoms with Crippen LogP contribution in [-0.2, 0) is 0 Å². The number of nitrogens with zero attached hydrogens (tertiary/aromatic N) is 2. The lowest BCUT2D eigenvalue weighted by Gasteiger charge is -2.06. The highest BCUT2D eigenvalue weighted by molar-refractivity contribution is 7.99. The Labute approximate surface area is 116 Å². The molecule has 6 heteroatoms. The van der Waals surface area contributed by atoms with Crippen LogP contribution in [0.15, 0.2) is 23.4 Å². The lowest BCUT2D eigenvalue weighted by atomic mass is 10.3. The van der Waals surface area contributed by atoms with Gasteiger partial charge in [-0.25, -0.2) is 4.98 Å². The van der Waals surface area contributed by atoms with Crippen molar-refractivity contribution in [1.82, 2.24) is 15.3 Å². The van der Waals surface area contributed by atoms with Gasteiger partial charge in [0.25, 0.3) is 0 Å². The van der Waals surface area contributed by atoms with Crippen molar-refractivity contribution in [3.05, 3.63) is 18.2 Å². The standard InChI is InChI=1S/C13H16N4OS/c1-3-15-9(7-14)8-19-13-16-11-5-4-10(18-2)6-12(11)17-13/h4-6,9,15H,3,8H2,1-2H3,(H,16,17). The van der Waals surface area contributed by atoms with E-state index in [1.165, 1.54) is 11.8 Å². The van der Waals surface area contributed by atoms with Crippen LogP contribution in [0.25, 0.3) is 11.0 Å². The molecule has 0 aliphatic heterocycles. The Bertz CT molecular complexity index is 590. The number of aromatic nitrogens is 2. The van der Waals surface area contributed by atoms with Gasteiger partial charge in [-0.1, -0.05) is 18.7 Å². The number of H-pyrrole nitrogens is 1. The number of imidazole rings is 1.